The molecule has 0 bridgehead atoms. The zero-order valence-corrected chi connectivity index (χ0v) is 13.2. The Morgan fingerprint density at radius 1 is 1.24 bits per heavy atom. The summed E-state index contributed by atoms with van der Waals surface area (Å²) in [6.07, 6.45) is 7.40. The summed E-state index contributed by atoms with van der Waals surface area (Å²) in [5.41, 5.74) is 8.32. The van der Waals surface area contributed by atoms with Gasteiger partial charge in [-0.25, -0.2) is 4.39 Å². The number of rotatable bonds is 7. The number of nitrogen functional groups attached to an aromatic ring is 1. The number of nitrogens with two attached hydrogens (primary N) is 1. The van der Waals surface area contributed by atoms with E-state index in [2.05, 4.69) is 6.92 Å². The number of carbonyl (C=O) groups excluding carboxylic acids is 1. The zero-order valence-electron chi connectivity index (χ0n) is 13.2. The van der Waals surface area contributed by atoms with Crippen LogP contribution in [-0.4, -0.2) is 5.78 Å². The predicted octanol–water partition coefficient (Wildman–Crippen LogP) is 4.44. The fourth-order valence-corrected chi connectivity index (χ4v) is 3.49. The lowest BCUT2D eigenvalue weighted by atomic mass is 9.75. The normalized spacial score (nSPS) is 20.5. The summed E-state index contributed by atoms with van der Waals surface area (Å²) in [5, 5.41) is 0. The van der Waals surface area contributed by atoms with Crippen molar-refractivity contribution in [1.29, 1.82) is 0 Å². The van der Waals surface area contributed by atoms with E-state index in [-0.39, 0.29) is 16.9 Å². The van der Waals surface area contributed by atoms with Gasteiger partial charge in [0.1, 0.15) is 11.6 Å². The van der Waals surface area contributed by atoms with E-state index in [0.29, 0.717) is 18.6 Å². The molecule has 2 N–H and O–H groups in total. The van der Waals surface area contributed by atoms with Gasteiger partial charge in [0, 0.05) is 12.8 Å². The highest BCUT2D eigenvalue weighted by Gasteiger charge is 2.37. The van der Waals surface area contributed by atoms with Crippen LogP contribution in [0.5, 0.6) is 0 Å². The first-order chi connectivity index (χ1) is 9.99. The molecule has 1 aliphatic carbocycles. The summed E-state index contributed by atoms with van der Waals surface area (Å²) < 4.78 is 13.7. The van der Waals surface area contributed by atoms with Gasteiger partial charge in [0.25, 0.3) is 0 Å². The number of anilines is 1. The number of Topliss-reactive ketones (excluding diaryl/α,β-unsaturated/α-hetero) is 1. The fraction of sp³-hybridized carbons (Fsp3) is 0.611. The molecule has 0 fully saturated rings. The van der Waals surface area contributed by atoms with Crippen molar-refractivity contribution in [3.8, 4) is 0 Å². The molecule has 1 atom stereocenters. The minimum atomic E-state index is -0.315. The molecule has 3 heteroatoms. The predicted molar refractivity (Wildman–Crippen MR) is 84.7 cm³/mol. The van der Waals surface area contributed by atoms with Gasteiger partial charge in [-0.05, 0) is 54.4 Å². The van der Waals surface area contributed by atoms with Crippen LogP contribution in [0.15, 0.2) is 12.1 Å². The summed E-state index contributed by atoms with van der Waals surface area (Å²) in [7, 11) is 0. The molecule has 21 heavy (non-hydrogen) atoms. The van der Waals surface area contributed by atoms with E-state index in [1.165, 1.54) is 5.56 Å². The van der Waals surface area contributed by atoms with Gasteiger partial charge in [-0.2, -0.15) is 0 Å². The second-order valence-corrected chi connectivity index (χ2v) is 6.49. The summed E-state index contributed by atoms with van der Waals surface area (Å²) in [6.45, 7) is 4.10. The van der Waals surface area contributed by atoms with Crippen LogP contribution in [0.25, 0.3) is 0 Å². The first kappa shape index (κ1) is 16.0. The van der Waals surface area contributed by atoms with E-state index in [0.717, 1.165) is 44.1 Å². The Balaban J connectivity index is 2.17. The SMILES string of the molecule is CCCCC1(CCC(=O)CC)Cc2cc(N)c(F)cc2C1. The molecular weight excluding hydrogens is 265 g/mol. The highest BCUT2D eigenvalue weighted by Crippen LogP contribution is 2.45. The van der Waals surface area contributed by atoms with Gasteiger partial charge in [-0.1, -0.05) is 26.7 Å². The molecule has 1 aliphatic rings. The average molecular weight is 291 g/mol. The highest BCUT2D eigenvalue weighted by atomic mass is 19.1. The van der Waals surface area contributed by atoms with Crippen LogP contribution in [-0.2, 0) is 17.6 Å². The first-order valence-electron chi connectivity index (χ1n) is 8.08. The molecule has 1 aromatic rings. The molecule has 0 saturated carbocycles. The van der Waals surface area contributed by atoms with Gasteiger partial charge >= 0.3 is 0 Å². The molecule has 1 unspecified atom stereocenters. The van der Waals surface area contributed by atoms with E-state index < -0.39 is 0 Å². The monoisotopic (exact) mass is 291 g/mol. The molecule has 116 valence electrons. The number of ketones is 1. The number of halogens is 1. The minimum absolute atomic E-state index is 0.128. The second-order valence-electron chi connectivity index (χ2n) is 6.49. The number of benzene rings is 1. The van der Waals surface area contributed by atoms with Crippen LogP contribution in [0.4, 0.5) is 10.1 Å². The Hall–Kier alpha value is -1.38. The van der Waals surface area contributed by atoms with Crippen LogP contribution in [0.1, 0.15) is 63.5 Å². The molecule has 0 saturated heterocycles. The summed E-state index contributed by atoms with van der Waals surface area (Å²) in [4.78, 5) is 11.7. The number of hydrogen-bond donors (Lipinski definition) is 1. The third-order valence-corrected chi connectivity index (χ3v) is 4.84. The van der Waals surface area contributed by atoms with E-state index >= 15 is 0 Å². The maximum Gasteiger partial charge on any atom is 0.146 e. The zero-order chi connectivity index (χ0) is 15.5. The largest absolute Gasteiger partial charge is 0.396 e. The van der Waals surface area contributed by atoms with Crippen molar-refractivity contribution in [2.75, 3.05) is 5.73 Å². The van der Waals surface area contributed by atoms with Gasteiger partial charge in [0.2, 0.25) is 0 Å². The molecule has 0 aromatic heterocycles. The standard InChI is InChI=1S/C18H26FNO/c1-3-5-7-18(8-6-15(21)4-2)11-13-9-16(19)17(20)10-14(13)12-18/h9-10H,3-8,11-12,20H2,1-2H3. The Labute approximate surface area is 126 Å². The molecule has 0 amide bonds. The third-order valence-electron chi connectivity index (χ3n) is 4.84. The number of hydrogen-bond acceptors (Lipinski definition) is 2. The number of unbranched alkanes of at least 4 members (excludes halogenated alkanes) is 1. The summed E-state index contributed by atoms with van der Waals surface area (Å²) >= 11 is 0. The van der Waals surface area contributed by atoms with Crippen LogP contribution < -0.4 is 5.73 Å². The number of carbonyl (C=O) groups is 1. The molecule has 2 rings (SSSR count). The van der Waals surface area contributed by atoms with Crippen LogP contribution in [0, 0.1) is 11.2 Å². The molecule has 0 spiro atoms. The van der Waals surface area contributed by atoms with Gasteiger partial charge in [-0.3, -0.25) is 4.79 Å². The molecule has 0 radical (unpaired) electrons. The molecular formula is C18H26FNO. The smallest absolute Gasteiger partial charge is 0.146 e. The van der Waals surface area contributed by atoms with Crippen molar-refractivity contribution >= 4 is 11.5 Å². The Bertz CT molecular complexity index is 493. The Kier molecular flexibility index (Phi) is 5.02. The fourth-order valence-electron chi connectivity index (χ4n) is 3.49. The van der Waals surface area contributed by atoms with Crippen molar-refractivity contribution in [2.45, 2.75) is 65.2 Å². The Morgan fingerprint density at radius 2 is 1.90 bits per heavy atom. The van der Waals surface area contributed by atoms with E-state index in [1.807, 2.05) is 6.92 Å². The van der Waals surface area contributed by atoms with Crippen molar-refractivity contribution in [3.63, 3.8) is 0 Å². The Morgan fingerprint density at radius 3 is 2.52 bits per heavy atom. The lowest BCUT2D eigenvalue weighted by Gasteiger charge is -2.29. The quantitative estimate of drug-likeness (QED) is 0.755. The highest BCUT2D eigenvalue weighted by molar-refractivity contribution is 5.78. The summed E-state index contributed by atoms with van der Waals surface area (Å²) in [6, 6.07) is 3.39. The molecule has 1 aromatic carbocycles. The minimum Gasteiger partial charge on any atom is -0.396 e. The van der Waals surface area contributed by atoms with Crippen LogP contribution >= 0.6 is 0 Å². The lowest BCUT2D eigenvalue weighted by Crippen LogP contribution is -2.22. The average Bonchev–Trinajstić information content (AvgIpc) is 2.81. The van der Waals surface area contributed by atoms with E-state index in [1.54, 1.807) is 12.1 Å². The molecule has 0 heterocycles. The topological polar surface area (TPSA) is 43.1 Å². The van der Waals surface area contributed by atoms with E-state index in [4.69, 9.17) is 5.73 Å². The van der Waals surface area contributed by atoms with Crippen molar-refractivity contribution in [3.05, 3.63) is 29.1 Å². The van der Waals surface area contributed by atoms with Gasteiger partial charge in [0.05, 0.1) is 5.69 Å². The summed E-state index contributed by atoms with van der Waals surface area (Å²) in [5.74, 6) is 0.0113. The number of fused-ring (bicyclic) bond motifs is 1. The van der Waals surface area contributed by atoms with Gasteiger partial charge in [-0.15, -0.1) is 0 Å². The lowest BCUT2D eigenvalue weighted by molar-refractivity contribution is -0.119. The maximum absolute atomic E-state index is 13.7. The third kappa shape index (κ3) is 3.63. The van der Waals surface area contributed by atoms with Crippen LogP contribution in [0.3, 0.4) is 0 Å². The van der Waals surface area contributed by atoms with Crippen LogP contribution in [0.2, 0.25) is 0 Å². The molecule has 2 nitrogen and oxygen atoms in total. The van der Waals surface area contributed by atoms with Crippen molar-refractivity contribution in [2.24, 2.45) is 5.41 Å². The van der Waals surface area contributed by atoms with Gasteiger partial charge in [0.15, 0.2) is 0 Å². The second kappa shape index (κ2) is 6.59. The molecule has 0 aliphatic heterocycles. The van der Waals surface area contributed by atoms with Gasteiger partial charge < -0.3 is 5.73 Å². The van der Waals surface area contributed by atoms with Crippen molar-refractivity contribution in [1.82, 2.24) is 0 Å². The van der Waals surface area contributed by atoms with E-state index in [9.17, 15) is 9.18 Å². The maximum atomic E-state index is 13.7. The first-order valence-corrected chi connectivity index (χ1v) is 8.08. The van der Waals surface area contributed by atoms with Crippen molar-refractivity contribution < 1.29 is 9.18 Å².